The van der Waals surface area contributed by atoms with Gasteiger partial charge in [-0.1, -0.05) is 23.5 Å². The third kappa shape index (κ3) is 4.68. The molecule has 0 atom stereocenters. The Balaban J connectivity index is 1.67. The number of hydrogen-bond acceptors (Lipinski definition) is 6. The normalized spacial score (nSPS) is 11.9. The van der Waals surface area contributed by atoms with Crippen LogP contribution in [0.5, 0.6) is 0 Å². The number of aromatic nitrogens is 3. The maximum absolute atomic E-state index is 13.5. The monoisotopic (exact) mass is 483 g/mol. The first-order chi connectivity index (χ1) is 15.7. The van der Waals surface area contributed by atoms with E-state index in [1.165, 1.54) is 37.6 Å². The molecule has 0 fully saturated rings. The molecule has 2 heterocycles. The molecular weight excluding hydrogens is 458 g/mol. The van der Waals surface area contributed by atoms with Gasteiger partial charge in [-0.05, 0) is 56.3 Å². The number of carbonyl (C=O) groups is 1. The number of aryl methyl sites for hydroxylation is 2. The Morgan fingerprint density at radius 1 is 1.06 bits per heavy atom. The lowest BCUT2D eigenvalue weighted by Gasteiger charge is -2.20. The van der Waals surface area contributed by atoms with Crippen molar-refractivity contribution in [3.63, 3.8) is 0 Å². The molecule has 0 N–H and O–H groups in total. The largest absolute Gasteiger partial charge is 0.282 e. The predicted octanol–water partition coefficient (Wildman–Crippen LogP) is 3.71. The molecule has 0 aliphatic rings. The van der Waals surface area contributed by atoms with Gasteiger partial charge in [0.15, 0.2) is 5.13 Å². The quantitative estimate of drug-likeness (QED) is 0.400. The van der Waals surface area contributed by atoms with Crippen LogP contribution < -0.4 is 4.90 Å². The van der Waals surface area contributed by atoms with Gasteiger partial charge < -0.3 is 0 Å². The lowest BCUT2D eigenvalue weighted by molar-refractivity contribution is 0.0985. The number of fused-ring (bicyclic) bond motifs is 1. The molecule has 0 aliphatic heterocycles. The highest BCUT2D eigenvalue weighted by Crippen LogP contribution is 2.30. The van der Waals surface area contributed by atoms with Crippen LogP contribution in [0.3, 0.4) is 0 Å². The lowest BCUT2D eigenvalue weighted by Crippen LogP contribution is -2.34. The zero-order chi connectivity index (χ0) is 23.8. The molecule has 172 valence electrons. The third-order valence-corrected chi connectivity index (χ3v) is 8.17. The minimum atomic E-state index is -3.57. The number of rotatable bonds is 7. The second kappa shape index (κ2) is 9.05. The summed E-state index contributed by atoms with van der Waals surface area (Å²) in [5.74, 6) is -0.246. The summed E-state index contributed by atoms with van der Waals surface area (Å²) in [4.78, 5) is 20.0. The van der Waals surface area contributed by atoms with Gasteiger partial charge in [-0.15, -0.1) is 0 Å². The predicted molar refractivity (Wildman–Crippen MR) is 130 cm³/mol. The van der Waals surface area contributed by atoms with Crippen LogP contribution in [-0.2, 0) is 16.6 Å². The average molecular weight is 484 g/mol. The van der Waals surface area contributed by atoms with Gasteiger partial charge in [-0.2, -0.15) is 5.10 Å². The molecule has 8 nitrogen and oxygen atoms in total. The first-order valence-corrected chi connectivity index (χ1v) is 12.6. The van der Waals surface area contributed by atoms with Crippen LogP contribution >= 0.6 is 11.3 Å². The van der Waals surface area contributed by atoms with Gasteiger partial charge in [0.1, 0.15) is 0 Å². The molecule has 10 heteroatoms. The number of carbonyl (C=O) groups excluding carboxylic acids is 1. The van der Waals surface area contributed by atoms with Gasteiger partial charge >= 0.3 is 0 Å². The standard InChI is InChI=1S/C23H25N5O3S2/c1-16-15-17(2)28(25-16)14-13-27(23-24-20-7-5-6-8-21(20)32-23)22(29)18-9-11-19(12-10-18)33(30,31)26(3)4/h5-12,15H,13-14H2,1-4H3. The van der Waals surface area contributed by atoms with Crippen molar-refractivity contribution in [1.82, 2.24) is 19.1 Å². The van der Waals surface area contributed by atoms with Crippen molar-refractivity contribution in [1.29, 1.82) is 0 Å². The van der Waals surface area contributed by atoms with Crippen molar-refractivity contribution in [3.8, 4) is 0 Å². The Morgan fingerprint density at radius 3 is 2.36 bits per heavy atom. The van der Waals surface area contributed by atoms with Crippen molar-refractivity contribution >= 4 is 42.6 Å². The van der Waals surface area contributed by atoms with Gasteiger partial charge in [0, 0.05) is 31.9 Å². The Hall–Kier alpha value is -3.08. The molecule has 0 saturated carbocycles. The Labute approximate surface area is 197 Å². The van der Waals surface area contributed by atoms with Crippen LogP contribution in [-0.4, -0.2) is 54.0 Å². The Morgan fingerprint density at radius 2 is 1.76 bits per heavy atom. The van der Waals surface area contributed by atoms with Crippen LogP contribution in [0.15, 0.2) is 59.5 Å². The minimum absolute atomic E-state index is 0.137. The highest BCUT2D eigenvalue weighted by atomic mass is 32.2. The zero-order valence-corrected chi connectivity index (χ0v) is 20.5. The van der Waals surface area contributed by atoms with Gasteiger partial charge in [0.05, 0.1) is 27.4 Å². The Kier molecular flexibility index (Phi) is 6.33. The first-order valence-electron chi connectivity index (χ1n) is 10.4. The first kappa shape index (κ1) is 23.1. The molecule has 0 aliphatic carbocycles. The van der Waals surface area contributed by atoms with E-state index in [9.17, 15) is 13.2 Å². The van der Waals surface area contributed by atoms with Crippen molar-refractivity contribution in [3.05, 3.63) is 71.5 Å². The molecule has 2 aromatic carbocycles. The van der Waals surface area contributed by atoms with E-state index < -0.39 is 10.0 Å². The molecule has 1 amide bonds. The molecule has 4 aromatic rings. The van der Waals surface area contributed by atoms with Crippen LogP contribution in [0.4, 0.5) is 5.13 Å². The summed E-state index contributed by atoms with van der Waals surface area (Å²) in [5, 5.41) is 5.09. The molecular formula is C23H25N5O3S2. The van der Waals surface area contributed by atoms with E-state index in [4.69, 9.17) is 0 Å². The van der Waals surface area contributed by atoms with Crippen LogP contribution in [0.2, 0.25) is 0 Å². The van der Waals surface area contributed by atoms with Gasteiger partial charge in [-0.25, -0.2) is 17.7 Å². The second-order valence-electron chi connectivity index (χ2n) is 7.88. The molecule has 0 unspecified atom stereocenters. The van der Waals surface area contributed by atoms with Crippen LogP contribution in [0, 0.1) is 13.8 Å². The average Bonchev–Trinajstić information content (AvgIpc) is 3.35. The number of thiazole rings is 1. The molecule has 0 spiro atoms. The number of amides is 1. The van der Waals surface area contributed by atoms with Crippen molar-refractivity contribution in [2.24, 2.45) is 0 Å². The highest BCUT2D eigenvalue weighted by Gasteiger charge is 2.23. The van der Waals surface area contributed by atoms with E-state index in [1.54, 1.807) is 17.0 Å². The smallest absolute Gasteiger partial charge is 0.260 e. The maximum atomic E-state index is 13.5. The van der Waals surface area contributed by atoms with Gasteiger partial charge in [0.25, 0.3) is 5.91 Å². The molecule has 0 bridgehead atoms. The Bertz CT molecular complexity index is 1370. The maximum Gasteiger partial charge on any atom is 0.260 e. The number of para-hydroxylation sites is 1. The molecule has 0 saturated heterocycles. The van der Waals surface area contributed by atoms with E-state index in [0.29, 0.717) is 23.8 Å². The van der Waals surface area contributed by atoms with E-state index in [-0.39, 0.29) is 10.8 Å². The lowest BCUT2D eigenvalue weighted by atomic mass is 10.2. The summed E-state index contributed by atoms with van der Waals surface area (Å²) >= 11 is 1.45. The number of nitrogens with zero attached hydrogens (tertiary/aromatic N) is 5. The number of anilines is 1. The molecule has 33 heavy (non-hydrogen) atoms. The summed E-state index contributed by atoms with van der Waals surface area (Å²) in [6.45, 7) is 4.80. The van der Waals surface area contributed by atoms with Gasteiger partial charge in [0.2, 0.25) is 10.0 Å². The van der Waals surface area contributed by atoms with Crippen LogP contribution in [0.25, 0.3) is 10.2 Å². The fourth-order valence-electron chi connectivity index (χ4n) is 3.49. The second-order valence-corrected chi connectivity index (χ2v) is 11.0. The zero-order valence-electron chi connectivity index (χ0n) is 18.9. The van der Waals surface area contributed by atoms with E-state index in [1.807, 2.05) is 48.9 Å². The van der Waals surface area contributed by atoms with E-state index in [0.717, 1.165) is 25.9 Å². The van der Waals surface area contributed by atoms with E-state index in [2.05, 4.69) is 10.1 Å². The minimum Gasteiger partial charge on any atom is -0.282 e. The third-order valence-electron chi connectivity index (χ3n) is 5.28. The fraction of sp³-hybridized carbons (Fsp3) is 0.261. The molecule has 2 aromatic heterocycles. The van der Waals surface area contributed by atoms with Crippen molar-refractivity contribution in [2.75, 3.05) is 25.5 Å². The number of sulfonamides is 1. The van der Waals surface area contributed by atoms with E-state index >= 15 is 0 Å². The SMILES string of the molecule is Cc1cc(C)n(CCN(C(=O)c2ccc(S(=O)(=O)N(C)C)cc2)c2nc3ccccc3s2)n1. The topological polar surface area (TPSA) is 88.4 Å². The van der Waals surface area contributed by atoms with Crippen LogP contribution in [0.1, 0.15) is 21.7 Å². The summed E-state index contributed by atoms with van der Waals surface area (Å²) in [6.07, 6.45) is 0. The fourth-order valence-corrected chi connectivity index (χ4v) is 5.38. The number of benzene rings is 2. The molecule has 4 rings (SSSR count). The summed E-state index contributed by atoms with van der Waals surface area (Å²) in [7, 11) is -0.622. The molecule has 0 radical (unpaired) electrons. The summed E-state index contributed by atoms with van der Waals surface area (Å²) in [6, 6.07) is 15.7. The highest BCUT2D eigenvalue weighted by molar-refractivity contribution is 7.89. The van der Waals surface area contributed by atoms with Crippen molar-refractivity contribution < 1.29 is 13.2 Å². The summed E-state index contributed by atoms with van der Waals surface area (Å²) in [5.41, 5.74) is 3.15. The van der Waals surface area contributed by atoms with Crippen molar-refractivity contribution in [2.45, 2.75) is 25.3 Å². The summed E-state index contributed by atoms with van der Waals surface area (Å²) < 4.78 is 28.8. The van der Waals surface area contributed by atoms with Gasteiger partial charge in [-0.3, -0.25) is 14.4 Å². The number of hydrogen-bond donors (Lipinski definition) is 0.